The Kier molecular flexibility index (Phi) is 4.91. The number of aromatic nitrogens is 2. The summed E-state index contributed by atoms with van der Waals surface area (Å²) >= 11 is 1.45. The van der Waals surface area contributed by atoms with Gasteiger partial charge in [-0.2, -0.15) is 0 Å². The van der Waals surface area contributed by atoms with E-state index >= 15 is 0 Å². The Morgan fingerprint density at radius 3 is 3.11 bits per heavy atom. The first-order chi connectivity index (χ1) is 8.70. The highest BCUT2D eigenvalue weighted by Crippen LogP contribution is 2.21. The molecule has 102 valence electrons. The molecule has 1 aromatic heterocycles. The number of hydrogen-bond acceptors (Lipinski definition) is 6. The van der Waals surface area contributed by atoms with Gasteiger partial charge in [-0.3, -0.25) is 4.90 Å². The molecule has 1 aromatic rings. The Balaban J connectivity index is 1.93. The molecule has 0 spiro atoms. The van der Waals surface area contributed by atoms with Crippen molar-refractivity contribution in [1.82, 2.24) is 19.4 Å². The van der Waals surface area contributed by atoms with Gasteiger partial charge in [-0.1, -0.05) is 4.49 Å². The van der Waals surface area contributed by atoms with E-state index in [0.29, 0.717) is 6.04 Å². The molecule has 18 heavy (non-hydrogen) atoms. The molecule has 6 heteroatoms. The first-order valence-electron chi connectivity index (χ1n) is 6.64. The minimum atomic E-state index is 0.639. The van der Waals surface area contributed by atoms with Crippen molar-refractivity contribution in [3.05, 3.63) is 5.69 Å². The van der Waals surface area contributed by atoms with E-state index in [1.807, 2.05) is 0 Å². The monoisotopic (exact) mass is 269 g/mol. The fraction of sp³-hybridized carbons (Fsp3) is 0.833. The van der Waals surface area contributed by atoms with Gasteiger partial charge in [0.05, 0.1) is 0 Å². The van der Waals surface area contributed by atoms with Crippen LogP contribution in [0.3, 0.4) is 0 Å². The zero-order chi connectivity index (χ0) is 13.0. The van der Waals surface area contributed by atoms with Crippen LogP contribution >= 0.6 is 11.5 Å². The predicted octanol–water partition coefficient (Wildman–Crippen LogP) is 1.50. The van der Waals surface area contributed by atoms with E-state index in [1.165, 1.54) is 30.9 Å². The van der Waals surface area contributed by atoms with E-state index in [0.717, 1.165) is 30.3 Å². The number of nitrogens with zero attached hydrogens (tertiary/aromatic N) is 4. The van der Waals surface area contributed by atoms with E-state index < -0.39 is 0 Å². The molecule has 1 unspecified atom stereocenters. The molecule has 1 aliphatic rings. The summed E-state index contributed by atoms with van der Waals surface area (Å²) in [6.07, 6.45) is 2.58. The second-order valence-corrected chi connectivity index (χ2v) is 5.81. The van der Waals surface area contributed by atoms with Crippen LogP contribution in [0, 0.1) is 0 Å². The third-order valence-electron chi connectivity index (χ3n) is 3.52. The molecule has 1 fully saturated rings. The maximum atomic E-state index is 4.24. The van der Waals surface area contributed by atoms with Crippen molar-refractivity contribution in [3.8, 4) is 0 Å². The van der Waals surface area contributed by atoms with Gasteiger partial charge in [0.1, 0.15) is 10.7 Å². The van der Waals surface area contributed by atoms with E-state index in [9.17, 15) is 0 Å². The lowest BCUT2D eigenvalue weighted by Crippen LogP contribution is -2.44. The summed E-state index contributed by atoms with van der Waals surface area (Å²) in [4.78, 5) is 4.82. The van der Waals surface area contributed by atoms with Crippen molar-refractivity contribution < 1.29 is 0 Å². The molecule has 0 amide bonds. The van der Waals surface area contributed by atoms with Gasteiger partial charge in [-0.05, 0) is 40.4 Å². The fourth-order valence-corrected chi connectivity index (χ4v) is 3.11. The highest BCUT2D eigenvalue weighted by molar-refractivity contribution is 7.10. The minimum Gasteiger partial charge on any atom is -0.374 e. The van der Waals surface area contributed by atoms with Crippen molar-refractivity contribution in [3.63, 3.8) is 0 Å². The molecule has 1 N–H and O–H groups in total. The Labute approximate surface area is 113 Å². The Morgan fingerprint density at radius 1 is 1.56 bits per heavy atom. The summed E-state index contributed by atoms with van der Waals surface area (Å²) in [5.74, 6) is 0. The zero-order valence-corrected chi connectivity index (χ0v) is 12.3. The smallest absolute Gasteiger partial charge is 0.134 e. The minimum absolute atomic E-state index is 0.639. The number of likely N-dealkylation sites (N-methyl/N-ethyl adjacent to an activating group) is 2. The quantitative estimate of drug-likeness (QED) is 0.877. The van der Waals surface area contributed by atoms with Crippen LogP contribution in [0.25, 0.3) is 0 Å². The van der Waals surface area contributed by atoms with Crippen LogP contribution in [0.15, 0.2) is 0 Å². The molecular formula is C12H23N5S. The maximum absolute atomic E-state index is 4.24. The van der Waals surface area contributed by atoms with Crippen LogP contribution in [0.4, 0.5) is 5.00 Å². The first kappa shape index (κ1) is 13.7. The average Bonchev–Trinajstić information content (AvgIpc) is 2.77. The maximum Gasteiger partial charge on any atom is 0.134 e. The topological polar surface area (TPSA) is 44.3 Å². The number of likely N-dealkylation sites (tertiary alicyclic amines) is 1. The number of piperidine rings is 1. The predicted molar refractivity (Wildman–Crippen MR) is 76.1 cm³/mol. The molecule has 0 aromatic carbocycles. The van der Waals surface area contributed by atoms with Crippen LogP contribution < -0.4 is 5.32 Å². The van der Waals surface area contributed by atoms with Crippen LogP contribution in [0.1, 0.15) is 25.5 Å². The molecule has 1 saturated heterocycles. The van der Waals surface area contributed by atoms with E-state index in [4.69, 9.17) is 0 Å². The van der Waals surface area contributed by atoms with Crippen LogP contribution in [0.5, 0.6) is 0 Å². The highest BCUT2D eigenvalue weighted by atomic mass is 32.1. The normalized spacial score (nSPS) is 21.4. The van der Waals surface area contributed by atoms with E-state index in [-0.39, 0.29) is 0 Å². The third-order valence-corrected chi connectivity index (χ3v) is 4.24. The number of anilines is 1. The van der Waals surface area contributed by atoms with Crippen molar-refractivity contribution in [1.29, 1.82) is 0 Å². The van der Waals surface area contributed by atoms with Crippen molar-refractivity contribution >= 4 is 16.5 Å². The van der Waals surface area contributed by atoms with Gasteiger partial charge in [0.2, 0.25) is 0 Å². The standard InChI is InChI=1S/C12H23N5S/c1-4-13-12-11(14-15-18-12)9-17(3)10-6-5-7-16(2)8-10/h10,13H,4-9H2,1-3H3. The lowest BCUT2D eigenvalue weighted by atomic mass is 10.1. The molecule has 1 aliphatic heterocycles. The number of nitrogens with one attached hydrogen (secondary N) is 1. The van der Waals surface area contributed by atoms with Crippen molar-refractivity contribution in [2.45, 2.75) is 32.4 Å². The van der Waals surface area contributed by atoms with Gasteiger partial charge >= 0.3 is 0 Å². The van der Waals surface area contributed by atoms with Crippen LogP contribution in [-0.4, -0.2) is 59.2 Å². The summed E-state index contributed by atoms with van der Waals surface area (Å²) < 4.78 is 4.05. The number of hydrogen-bond donors (Lipinski definition) is 1. The van der Waals surface area contributed by atoms with Gasteiger partial charge in [0, 0.05) is 37.2 Å². The molecule has 2 rings (SSSR count). The summed E-state index contributed by atoms with van der Waals surface area (Å²) in [5, 5.41) is 8.69. The lowest BCUT2D eigenvalue weighted by Gasteiger charge is -2.35. The Hall–Kier alpha value is -0.720. The van der Waals surface area contributed by atoms with Gasteiger partial charge in [0.15, 0.2) is 0 Å². The highest BCUT2D eigenvalue weighted by Gasteiger charge is 2.22. The second kappa shape index (κ2) is 6.45. The average molecular weight is 269 g/mol. The van der Waals surface area contributed by atoms with Crippen molar-refractivity contribution in [2.75, 3.05) is 39.0 Å². The molecule has 0 radical (unpaired) electrons. The first-order valence-corrected chi connectivity index (χ1v) is 7.42. The van der Waals surface area contributed by atoms with Gasteiger partial charge in [-0.25, -0.2) is 0 Å². The second-order valence-electron chi connectivity index (χ2n) is 5.05. The van der Waals surface area contributed by atoms with Crippen molar-refractivity contribution in [2.24, 2.45) is 0 Å². The summed E-state index contributed by atoms with van der Waals surface area (Å²) in [7, 11) is 4.40. The van der Waals surface area contributed by atoms with E-state index in [1.54, 1.807) is 0 Å². The summed E-state index contributed by atoms with van der Waals surface area (Å²) in [5.41, 5.74) is 1.08. The summed E-state index contributed by atoms with van der Waals surface area (Å²) in [6.45, 7) is 6.29. The molecular weight excluding hydrogens is 246 g/mol. The molecule has 0 bridgehead atoms. The SMILES string of the molecule is CCNc1snnc1CN(C)C1CCCN(C)C1. The van der Waals surface area contributed by atoms with Gasteiger partial charge in [0.25, 0.3) is 0 Å². The Bertz CT molecular complexity index is 367. The van der Waals surface area contributed by atoms with Gasteiger partial charge in [-0.15, -0.1) is 5.10 Å². The molecule has 0 aliphatic carbocycles. The van der Waals surface area contributed by atoms with E-state index in [2.05, 4.69) is 45.7 Å². The van der Waals surface area contributed by atoms with Crippen LogP contribution in [-0.2, 0) is 6.54 Å². The number of rotatable bonds is 5. The molecule has 2 heterocycles. The largest absolute Gasteiger partial charge is 0.374 e. The molecule has 0 saturated carbocycles. The zero-order valence-electron chi connectivity index (χ0n) is 11.5. The van der Waals surface area contributed by atoms with Gasteiger partial charge < -0.3 is 10.2 Å². The molecule has 5 nitrogen and oxygen atoms in total. The fourth-order valence-electron chi connectivity index (χ4n) is 2.47. The molecule has 1 atom stereocenters. The Morgan fingerprint density at radius 2 is 2.39 bits per heavy atom. The van der Waals surface area contributed by atoms with Crippen LogP contribution in [0.2, 0.25) is 0 Å². The summed E-state index contributed by atoms with van der Waals surface area (Å²) in [6, 6.07) is 0.639. The third kappa shape index (κ3) is 3.40. The lowest BCUT2D eigenvalue weighted by molar-refractivity contribution is 0.128.